The summed E-state index contributed by atoms with van der Waals surface area (Å²) in [4.78, 5) is 15.2. The molecule has 1 atom stereocenters. The second-order valence-corrected chi connectivity index (χ2v) is 8.78. The Balaban J connectivity index is 1.87. The van der Waals surface area contributed by atoms with Crippen LogP contribution in [0.4, 0.5) is 0 Å². The third-order valence-corrected chi connectivity index (χ3v) is 5.72. The molecule has 0 saturated carbocycles. The fourth-order valence-corrected chi connectivity index (χ4v) is 4.06. The van der Waals surface area contributed by atoms with Gasteiger partial charge in [-0.1, -0.05) is 45.9 Å². The molecule has 1 N–H and O–H groups in total. The van der Waals surface area contributed by atoms with Crippen LogP contribution in [-0.4, -0.2) is 30.1 Å². The van der Waals surface area contributed by atoms with E-state index in [-0.39, 0.29) is 11.8 Å². The van der Waals surface area contributed by atoms with E-state index in [1.807, 2.05) is 29.2 Å². The number of ether oxygens (including phenoxy) is 2. The minimum Gasteiger partial charge on any atom is -0.496 e. The van der Waals surface area contributed by atoms with Crippen molar-refractivity contribution in [3.63, 3.8) is 0 Å². The summed E-state index contributed by atoms with van der Waals surface area (Å²) >= 11 is 0. The molecular formula is C25H33NO4. The summed E-state index contributed by atoms with van der Waals surface area (Å²) in [5.41, 5.74) is 4.67. The highest BCUT2D eigenvalue weighted by atomic mass is 16.5. The van der Waals surface area contributed by atoms with E-state index in [9.17, 15) is 9.90 Å². The SMILES string of the molecule is COc1cc(OC)c(C(C)C)cc1C(=O)N1Cc2ccc(C(O)CC(C)C)cc2C1. The summed E-state index contributed by atoms with van der Waals surface area (Å²) in [6.07, 6.45) is 0.248. The maximum atomic E-state index is 13.4. The molecule has 1 heterocycles. The first-order chi connectivity index (χ1) is 14.2. The van der Waals surface area contributed by atoms with Crippen LogP contribution in [0.5, 0.6) is 11.5 Å². The Morgan fingerprint density at radius 2 is 1.67 bits per heavy atom. The summed E-state index contributed by atoms with van der Waals surface area (Å²) < 4.78 is 11.0. The molecular weight excluding hydrogens is 378 g/mol. The van der Waals surface area contributed by atoms with Gasteiger partial charge in [0.15, 0.2) is 0 Å². The minimum absolute atomic E-state index is 0.0584. The zero-order chi connectivity index (χ0) is 22.0. The zero-order valence-electron chi connectivity index (χ0n) is 18.9. The van der Waals surface area contributed by atoms with E-state index in [0.29, 0.717) is 30.3 Å². The van der Waals surface area contributed by atoms with Crippen LogP contribution in [0.3, 0.4) is 0 Å². The van der Waals surface area contributed by atoms with Gasteiger partial charge in [0.2, 0.25) is 0 Å². The average Bonchev–Trinajstić information content (AvgIpc) is 3.14. The van der Waals surface area contributed by atoms with Crippen molar-refractivity contribution in [2.75, 3.05) is 14.2 Å². The molecule has 3 rings (SSSR count). The minimum atomic E-state index is -0.477. The van der Waals surface area contributed by atoms with Gasteiger partial charge < -0.3 is 19.5 Å². The zero-order valence-corrected chi connectivity index (χ0v) is 18.9. The van der Waals surface area contributed by atoms with E-state index in [0.717, 1.165) is 34.4 Å². The number of aliphatic hydroxyl groups excluding tert-OH is 1. The predicted molar refractivity (Wildman–Crippen MR) is 118 cm³/mol. The molecule has 0 aliphatic carbocycles. The lowest BCUT2D eigenvalue weighted by Crippen LogP contribution is -2.26. The van der Waals surface area contributed by atoms with Gasteiger partial charge in [-0.3, -0.25) is 4.79 Å². The number of aliphatic hydroxyl groups is 1. The molecule has 0 bridgehead atoms. The Labute approximate surface area is 179 Å². The van der Waals surface area contributed by atoms with E-state index in [4.69, 9.17) is 9.47 Å². The van der Waals surface area contributed by atoms with Crippen LogP contribution in [-0.2, 0) is 13.1 Å². The molecule has 0 saturated heterocycles. The normalized spacial score (nSPS) is 14.2. The number of hydrogen-bond acceptors (Lipinski definition) is 4. The number of hydrogen-bond donors (Lipinski definition) is 1. The third-order valence-electron chi connectivity index (χ3n) is 5.72. The van der Waals surface area contributed by atoms with Gasteiger partial charge >= 0.3 is 0 Å². The van der Waals surface area contributed by atoms with Crippen molar-refractivity contribution in [1.29, 1.82) is 0 Å². The largest absolute Gasteiger partial charge is 0.496 e. The number of carbonyl (C=O) groups is 1. The number of rotatable bonds is 7. The summed E-state index contributed by atoms with van der Waals surface area (Å²) in [7, 11) is 3.20. The smallest absolute Gasteiger partial charge is 0.258 e. The first kappa shape index (κ1) is 22.2. The molecule has 30 heavy (non-hydrogen) atoms. The van der Waals surface area contributed by atoms with E-state index in [2.05, 4.69) is 27.7 Å². The summed E-state index contributed by atoms with van der Waals surface area (Å²) in [5.74, 6) is 1.83. The quantitative estimate of drug-likeness (QED) is 0.692. The highest BCUT2D eigenvalue weighted by molar-refractivity contribution is 5.97. The Hall–Kier alpha value is -2.53. The number of amides is 1. The molecule has 162 valence electrons. The molecule has 2 aromatic rings. The maximum Gasteiger partial charge on any atom is 0.258 e. The molecule has 0 radical (unpaired) electrons. The monoisotopic (exact) mass is 411 g/mol. The second kappa shape index (κ2) is 9.09. The third kappa shape index (κ3) is 4.46. The Morgan fingerprint density at radius 1 is 1.00 bits per heavy atom. The van der Waals surface area contributed by atoms with Crippen molar-refractivity contribution in [3.05, 3.63) is 58.1 Å². The van der Waals surface area contributed by atoms with Gasteiger partial charge in [0.25, 0.3) is 5.91 Å². The molecule has 1 aliphatic rings. The average molecular weight is 412 g/mol. The van der Waals surface area contributed by atoms with E-state index >= 15 is 0 Å². The van der Waals surface area contributed by atoms with Crippen LogP contribution in [0.25, 0.3) is 0 Å². The Morgan fingerprint density at radius 3 is 2.27 bits per heavy atom. The van der Waals surface area contributed by atoms with Gasteiger partial charge in [0.1, 0.15) is 11.5 Å². The van der Waals surface area contributed by atoms with E-state index in [1.54, 1.807) is 20.3 Å². The van der Waals surface area contributed by atoms with Gasteiger partial charge in [-0.05, 0) is 46.6 Å². The fourth-order valence-electron chi connectivity index (χ4n) is 4.06. The molecule has 5 nitrogen and oxygen atoms in total. The maximum absolute atomic E-state index is 13.4. The molecule has 5 heteroatoms. The van der Waals surface area contributed by atoms with Gasteiger partial charge in [-0.15, -0.1) is 0 Å². The number of carbonyl (C=O) groups excluding carboxylic acids is 1. The van der Waals surface area contributed by atoms with Crippen molar-refractivity contribution >= 4 is 5.91 Å². The number of fused-ring (bicyclic) bond motifs is 1. The topological polar surface area (TPSA) is 59.0 Å². The molecule has 1 aliphatic heterocycles. The summed E-state index contributed by atoms with van der Waals surface area (Å²) in [6, 6.07) is 9.75. The highest BCUT2D eigenvalue weighted by Crippen LogP contribution is 2.36. The molecule has 1 amide bonds. The van der Waals surface area contributed by atoms with Gasteiger partial charge in [0.05, 0.1) is 25.9 Å². The van der Waals surface area contributed by atoms with Crippen LogP contribution in [0, 0.1) is 5.92 Å². The first-order valence-corrected chi connectivity index (χ1v) is 10.6. The Bertz CT molecular complexity index is 920. The lowest BCUT2D eigenvalue weighted by Gasteiger charge is -2.20. The molecule has 0 spiro atoms. The molecule has 0 aromatic heterocycles. The molecule has 2 aromatic carbocycles. The van der Waals surface area contributed by atoms with Crippen molar-refractivity contribution in [2.45, 2.75) is 59.2 Å². The number of methoxy groups -OCH3 is 2. The summed E-state index contributed by atoms with van der Waals surface area (Å²) in [6.45, 7) is 9.45. The van der Waals surface area contributed by atoms with E-state index in [1.165, 1.54) is 0 Å². The molecule has 1 unspecified atom stereocenters. The lowest BCUT2D eigenvalue weighted by molar-refractivity contribution is 0.0747. The van der Waals surface area contributed by atoms with Crippen LogP contribution >= 0.6 is 0 Å². The fraction of sp³-hybridized carbons (Fsp3) is 0.480. The second-order valence-electron chi connectivity index (χ2n) is 8.78. The van der Waals surface area contributed by atoms with Crippen LogP contribution in [0.1, 0.15) is 78.7 Å². The van der Waals surface area contributed by atoms with Gasteiger partial charge in [-0.25, -0.2) is 0 Å². The first-order valence-electron chi connectivity index (χ1n) is 10.6. The van der Waals surface area contributed by atoms with Crippen molar-refractivity contribution in [2.24, 2.45) is 5.92 Å². The lowest BCUT2D eigenvalue weighted by atomic mass is 9.97. The van der Waals surface area contributed by atoms with Crippen LogP contribution in [0.15, 0.2) is 30.3 Å². The van der Waals surface area contributed by atoms with Crippen molar-refractivity contribution < 1.29 is 19.4 Å². The van der Waals surface area contributed by atoms with Crippen LogP contribution < -0.4 is 9.47 Å². The van der Waals surface area contributed by atoms with Gasteiger partial charge in [0, 0.05) is 19.2 Å². The van der Waals surface area contributed by atoms with E-state index < -0.39 is 6.10 Å². The predicted octanol–water partition coefficient (Wildman–Crippen LogP) is 5.06. The number of nitrogens with zero attached hydrogens (tertiary/aromatic N) is 1. The van der Waals surface area contributed by atoms with Crippen molar-refractivity contribution in [1.82, 2.24) is 4.90 Å². The highest BCUT2D eigenvalue weighted by Gasteiger charge is 2.28. The van der Waals surface area contributed by atoms with Crippen molar-refractivity contribution in [3.8, 4) is 11.5 Å². The molecule has 0 fully saturated rings. The Kier molecular flexibility index (Phi) is 6.71. The summed E-state index contributed by atoms with van der Waals surface area (Å²) in [5, 5.41) is 10.5. The van der Waals surface area contributed by atoms with Crippen LogP contribution in [0.2, 0.25) is 0 Å². The van der Waals surface area contributed by atoms with Gasteiger partial charge in [-0.2, -0.15) is 0 Å². The number of benzene rings is 2. The standard InChI is InChI=1S/C25H33NO4/c1-15(2)9-22(27)17-7-8-18-13-26(14-19(18)10-17)25(28)21-11-20(16(3)4)23(29-5)12-24(21)30-6/h7-8,10-12,15-16,22,27H,9,13-14H2,1-6H3.